The van der Waals surface area contributed by atoms with Crippen LogP contribution in [0.2, 0.25) is 0 Å². The lowest BCUT2D eigenvalue weighted by Crippen LogP contribution is -2.44. The lowest BCUT2D eigenvalue weighted by atomic mass is 10.1. The van der Waals surface area contributed by atoms with Gasteiger partial charge in [-0.3, -0.25) is 9.20 Å². The van der Waals surface area contributed by atoms with E-state index < -0.39 is 23.2 Å². The van der Waals surface area contributed by atoms with E-state index >= 15 is 0 Å². The second-order valence-corrected chi connectivity index (χ2v) is 7.23. The molecule has 1 saturated heterocycles. The third kappa shape index (κ3) is 2.33. The molecule has 0 unspecified atom stereocenters. The molecule has 4 rings (SSSR count). The van der Waals surface area contributed by atoms with Crippen LogP contribution in [0.3, 0.4) is 0 Å². The number of nitrogen functional groups attached to an aromatic ring is 1. The normalized spacial score (nSPS) is 23.2. The third-order valence-corrected chi connectivity index (χ3v) is 5.50. The molecule has 2 fully saturated rings. The quantitative estimate of drug-likeness (QED) is 0.759. The molecule has 4 N–H and O–H groups in total. The number of alkyl halides is 1. The second-order valence-electron chi connectivity index (χ2n) is 7.23. The van der Waals surface area contributed by atoms with Crippen LogP contribution < -0.4 is 27.7 Å². The Morgan fingerprint density at radius 2 is 1.96 bits per heavy atom. The first-order chi connectivity index (χ1) is 12.3. The summed E-state index contributed by atoms with van der Waals surface area (Å²) in [6.07, 6.45) is 1.54. The SMILES string of the molecule is Cc1c(N2C[C@@H](CN)[C@@H](F)C2)c(F)cn2c(=O)n(N)c(=O)c(C3CC3)c12. The predicted octanol–water partition coefficient (Wildman–Crippen LogP) is 0.233. The van der Waals surface area contributed by atoms with Crippen molar-refractivity contribution in [2.75, 3.05) is 30.4 Å². The minimum absolute atomic E-state index is 0.00852. The first-order valence-corrected chi connectivity index (χ1v) is 8.69. The van der Waals surface area contributed by atoms with Crippen LogP contribution in [-0.4, -0.2) is 34.9 Å². The zero-order valence-corrected chi connectivity index (χ0v) is 14.4. The number of rotatable bonds is 3. The molecule has 140 valence electrons. The van der Waals surface area contributed by atoms with Gasteiger partial charge in [-0.15, -0.1) is 0 Å². The van der Waals surface area contributed by atoms with Crippen LogP contribution in [-0.2, 0) is 0 Å². The molecule has 2 atom stereocenters. The Bertz CT molecular complexity index is 1010. The number of fused-ring (bicyclic) bond motifs is 1. The van der Waals surface area contributed by atoms with E-state index in [1.165, 1.54) is 0 Å². The highest BCUT2D eigenvalue weighted by Crippen LogP contribution is 2.42. The van der Waals surface area contributed by atoms with Crippen molar-refractivity contribution in [2.45, 2.75) is 31.9 Å². The molecule has 1 aliphatic carbocycles. The Morgan fingerprint density at radius 1 is 1.27 bits per heavy atom. The van der Waals surface area contributed by atoms with Gasteiger partial charge in [-0.2, -0.15) is 4.68 Å². The van der Waals surface area contributed by atoms with E-state index in [2.05, 4.69) is 0 Å². The van der Waals surface area contributed by atoms with E-state index in [4.69, 9.17) is 11.6 Å². The van der Waals surface area contributed by atoms with Crippen molar-refractivity contribution in [2.24, 2.45) is 11.7 Å². The van der Waals surface area contributed by atoms with Gasteiger partial charge in [-0.05, 0) is 32.2 Å². The van der Waals surface area contributed by atoms with Crippen LogP contribution in [0.1, 0.15) is 29.9 Å². The van der Waals surface area contributed by atoms with E-state index in [0.29, 0.717) is 27.9 Å². The number of aryl methyl sites for hydroxylation is 1. The zero-order valence-electron chi connectivity index (χ0n) is 14.4. The zero-order chi connectivity index (χ0) is 18.7. The third-order valence-electron chi connectivity index (χ3n) is 5.50. The van der Waals surface area contributed by atoms with Crippen molar-refractivity contribution in [3.05, 3.63) is 44.0 Å². The molecule has 3 heterocycles. The van der Waals surface area contributed by atoms with Crippen LogP contribution in [0.25, 0.3) is 5.52 Å². The molecule has 26 heavy (non-hydrogen) atoms. The molecule has 0 bridgehead atoms. The van der Waals surface area contributed by atoms with Crippen LogP contribution in [0.5, 0.6) is 0 Å². The van der Waals surface area contributed by atoms with Crippen LogP contribution in [0.15, 0.2) is 15.8 Å². The van der Waals surface area contributed by atoms with Crippen molar-refractivity contribution in [1.82, 2.24) is 9.08 Å². The topological polar surface area (TPSA) is 98.8 Å². The molecule has 0 aromatic carbocycles. The highest BCUT2D eigenvalue weighted by atomic mass is 19.1. The number of nitrogens with zero attached hydrogens (tertiary/aromatic N) is 3. The monoisotopic (exact) mass is 365 g/mol. The number of aromatic nitrogens is 2. The molecular formula is C17H21F2N5O2. The highest BCUT2D eigenvalue weighted by molar-refractivity contribution is 5.72. The van der Waals surface area contributed by atoms with Crippen molar-refractivity contribution < 1.29 is 8.78 Å². The van der Waals surface area contributed by atoms with Crippen molar-refractivity contribution >= 4 is 11.2 Å². The van der Waals surface area contributed by atoms with E-state index in [0.717, 1.165) is 23.4 Å². The first-order valence-electron chi connectivity index (χ1n) is 8.69. The minimum Gasteiger partial charge on any atom is -0.365 e. The molecule has 7 nitrogen and oxygen atoms in total. The van der Waals surface area contributed by atoms with E-state index in [9.17, 15) is 18.4 Å². The fourth-order valence-electron chi connectivity index (χ4n) is 3.99. The lowest BCUT2D eigenvalue weighted by molar-refractivity contribution is 0.289. The molecule has 2 aromatic rings. The molecule has 0 radical (unpaired) electrons. The number of pyridine rings is 1. The average Bonchev–Trinajstić information content (AvgIpc) is 3.37. The van der Waals surface area contributed by atoms with E-state index in [1.807, 2.05) is 0 Å². The van der Waals surface area contributed by atoms with Crippen LogP contribution >= 0.6 is 0 Å². The standard InChI is InChI=1S/C17H21F2N5O2/c1-8-14(22-5-10(4-20)11(18)6-22)12(19)7-23-15(8)13(9-2-3-9)16(25)24(21)17(23)26/h7,9-11H,2-6,20-21H2,1H3/t10-,11+/m1/s1. The Balaban J connectivity index is 2.00. The Labute approximate surface area is 147 Å². The van der Waals surface area contributed by atoms with E-state index in [1.54, 1.807) is 11.8 Å². The van der Waals surface area contributed by atoms with Crippen LogP contribution in [0, 0.1) is 18.7 Å². The summed E-state index contributed by atoms with van der Waals surface area (Å²) >= 11 is 0. The van der Waals surface area contributed by atoms with Crippen LogP contribution in [0.4, 0.5) is 14.5 Å². The number of anilines is 1. The number of hydrogen-bond donors (Lipinski definition) is 2. The first kappa shape index (κ1) is 17.0. The maximum absolute atomic E-state index is 14.9. The van der Waals surface area contributed by atoms with Gasteiger partial charge in [-0.25, -0.2) is 13.6 Å². The summed E-state index contributed by atoms with van der Waals surface area (Å²) in [6.45, 7) is 2.16. The number of halogens is 2. The summed E-state index contributed by atoms with van der Waals surface area (Å²) in [6, 6.07) is 0. The summed E-state index contributed by atoms with van der Waals surface area (Å²) in [7, 11) is 0. The van der Waals surface area contributed by atoms with Gasteiger partial charge in [-0.1, -0.05) is 0 Å². The smallest absolute Gasteiger partial charge is 0.354 e. The van der Waals surface area contributed by atoms with E-state index in [-0.39, 0.29) is 30.6 Å². The fraction of sp³-hybridized carbons (Fsp3) is 0.529. The van der Waals surface area contributed by atoms with Gasteiger partial charge in [0.25, 0.3) is 5.56 Å². The molecule has 1 saturated carbocycles. The summed E-state index contributed by atoms with van der Waals surface area (Å²) in [5.74, 6) is 4.59. The summed E-state index contributed by atoms with van der Waals surface area (Å²) in [4.78, 5) is 26.5. The maximum Gasteiger partial charge on any atom is 0.354 e. The summed E-state index contributed by atoms with van der Waals surface area (Å²) in [5, 5.41) is 0. The molecule has 2 aliphatic rings. The number of hydrogen-bond acceptors (Lipinski definition) is 5. The van der Waals surface area contributed by atoms with Gasteiger partial charge in [0.1, 0.15) is 6.17 Å². The highest BCUT2D eigenvalue weighted by Gasteiger charge is 2.36. The van der Waals surface area contributed by atoms with Gasteiger partial charge < -0.3 is 16.5 Å². The molecule has 0 amide bonds. The van der Waals surface area contributed by atoms with Crippen molar-refractivity contribution in [1.29, 1.82) is 0 Å². The molecule has 1 aliphatic heterocycles. The Kier molecular flexibility index (Phi) is 3.80. The largest absolute Gasteiger partial charge is 0.365 e. The Morgan fingerprint density at radius 3 is 2.54 bits per heavy atom. The fourth-order valence-corrected chi connectivity index (χ4v) is 3.99. The van der Waals surface area contributed by atoms with Gasteiger partial charge in [0.05, 0.1) is 17.4 Å². The van der Waals surface area contributed by atoms with Crippen molar-refractivity contribution in [3.8, 4) is 0 Å². The molecule has 2 aromatic heterocycles. The van der Waals surface area contributed by atoms with Gasteiger partial charge >= 0.3 is 5.69 Å². The lowest BCUT2D eigenvalue weighted by Gasteiger charge is -2.23. The predicted molar refractivity (Wildman–Crippen MR) is 94.4 cm³/mol. The molecule has 0 spiro atoms. The van der Waals surface area contributed by atoms with Gasteiger partial charge in [0.15, 0.2) is 5.82 Å². The van der Waals surface area contributed by atoms with Crippen molar-refractivity contribution in [3.63, 3.8) is 0 Å². The summed E-state index contributed by atoms with van der Waals surface area (Å²) in [5.41, 5.74) is 5.73. The van der Waals surface area contributed by atoms with Gasteiger partial charge in [0, 0.05) is 30.1 Å². The minimum atomic E-state index is -1.14. The Hall–Kier alpha value is -2.42. The van der Waals surface area contributed by atoms with Gasteiger partial charge in [0.2, 0.25) is 0 Å². The summed E-state index contributed by atoms with van der Waals surface area (Å²) < 4.78 is 30.6. The molecule has 9 heteroatoms. The number of nitrogens with two attached hydrogens (primary N) is 2. The molecular weight excluding hydrogens is 344 g/mol. The maximum atomic E-state index is 14.9. The second kappa shape index (κ2) is 5.80. The average molecular weight is 365 g/mol.